The van der Waals surface area contributed by atoms with E-state index in [2.05, 4.69) is 17.2 Å². The summed E-state index contributed by atoms with van der Waals surface area (Å²) in [4.78, 5) is 22.9. The van der Waals surface area contributed by atoms with Gasteiger partial charge in [-0.25, -0.2) is 4.79 Å². The maximum absolute atomic E-state index is 13.2. The monoisotopic (exact) mass is 433 g/mol. The third-order valence-electron chi connectivity index (χ3n) is 4.44. The van der Waals surface area contributed by atoms with Crippen molar-refractivity contribution in [3.8, 4) is 17.6 Å². The van der Waals surface area contributed by atoms with Gasteiger partial charge < -0.3 is 15.5 Å². The average Bonchev–Trinajstić information content (AvgIpc) is 2.69. The highest BCUT2D eigenvalue weighted by Gasteiger charge is 2.33. The van der Waals surface area contributed by atoms with Gasteiger partial charge in [0.25, 0.3) is 0 Å². The minimum absolute atomic E-state index is 0.0346. The van der Waals surface area contributed by atoms with Crippen LogP contribution in [0.15, 0.2) is 36.4 Å². The van der Waals surface area contributed by atoms with Crippen LogP contribution >= 0.6 is 0 Å². The first-order valence-corrected chi connectivity index (χ1v) is 9.55. The average molecular weight is 433 g/mol. The van der Waals surface area contributed by atoms with Crippen LogP contribution in [0.4, 0.5) is 13.2 Å². The fourth-order valence-corrected chi connectivity index (χ4v) is 2.76. The van der Waals surface area contributed by atoms with Crippen molar-refractivity contribution in [2.45, 2.75) is 32.9 Å². The van der Waals surface area contributed by atoms with Crippen LogP contribution in [0.5, 0.6) is 5.75 Å². The molecule has 0 spiro atoms. The van der Waals surface area contributed by atoms with Crippen molar-refractivity contribution in [2.24, 2.45) is 5.92 Å². The highest BCUT2D eigenvalue weighted by molar-refractivity contribution is 5.88. The highest BCUT2D eigenvalue weighted by Crippen LogP contribution is 2.33. The predicted octanol–water partition coefficient (Wildman–Crippen LogP) is 4.21. The second-order valence-electron chi connectivity index (χ2n) is 7.20. The van der Waals surface area contributed by atoms with Crippen LogP contribution in [0.1, 0.15) is 52.9 Å². The number of carbonyl (C=O) groups is 2. The number of phenolic OH excluding ortho intramolecular Hbond substituents is 1. The van der Waals surface area contributed by atoms with Gasteiger partial charge in [0.2, 0.25) is 5.91 Å². The number of carboxylic acids is 1. The second-order valence-corrected chi connectivity index (χ2v) is 7.20. The summed E-state index contributed by atoms with van der Waals surface area (Å²) in [5, 5.41) is 21.4. The molecule has 0 atom stereocenters. The summed E-state index contributed by atoms with van der Waals surface area (Å²) < 4.78 is 39.7. The molecule has 164 valence electrons. The van der Waals surface area contributed by atoms with Crippen molar-refractivity contribution in [3.63, 3.8) is 0 Å². The number of phenols is 1. The van der Waals surface area contributed by atoms with Crippen LogP contribution in [-0.2, 0) is 17.4 Å². The molecule has 3 N–H and O–H groups in total. The Morgan fingerprint density at radius 2 is 1.71 bits per heavy atom. The van der Waals surface area contributed by atoms with Crippen LogP contribution in [0.3, 0.4) is 0 Å². The fraction of sp³-hybridized carbons (Fsp3) is 0.304. The Kier molecular flexibility index (Phi) is 7.70. The van der Waals surface area contributed by atoms with Crippen LogP contribution < -0.4 is 5.32 Å². The largest absolute Gasteiger partial charge is 0.508 e. The minimum atomic E-state index is -4.69. The van der Waals surface area contributed by atoms with Crippen molar-refractivity contribution in [1.29, 1.82) is 0 Å². The van der Waals surface area contributed by atoms with Gasteiger partial charge >= 0.3 is 12.1 Å². The van der Waals surface area contributed by atoms with Crippen molar-refractivity contribution < 1.29 is 33.0 Å². The third-order valence-corrected chi connectivity index (χ3v) is 4.44. The number of halogens is 3. The molecule has 8 heteroatoms. The predicted molar refractivity (Wildman–Crippen MR) is 109 cm³/mol. The van der Waals surface area contributed by atoms with Crippen LogP contribution in [0.2, 0.25) is 0 Å². The SMILES string of the molecule is CC(C)C(=O)NCCCc1cc(C(=O)O)ccc1C#Cc1ccc(O)cc1C(F)(F)F. The molecule has 0 bridgehead atoms. The lowest BCUT2D eigenvalue weighted by Gasteiger charge is -2.10. The number of aryl methyl sites for hydroxylation is 1. The Labute approximate surface area is 177 Å². The number of carbonyl (C=O) groups excluding carboxylic acids is 1. The molecule has 0 heterocycles. The first-order valence-electron chi connectivity index (χ1n) is 9.55. The zero-order valence-corrected chi connectivity index (χ0v) is 17.0. The quantitative estimate of drug-likeness (QED) is 0.471. The van der Waals surface area contributed by atoms with E-state index in [-0.39, 0.29) is 23.0 Å². The van der Waals surface area contributed by atoms with Gasteiger partial charge in [0, 0.05) is 23.6 Å². The van der Waals surface area contributed by atoms with Crippen LogP contribution in [-0.4, -0.2) is 28.6 Å². The molecule has 31 heavy (non-hydrogen) atoms. The number of carboxylic acid groups (broad SMARTS) is 1. The number of benzene rings is 2. The van der Waals surface area contributed by atoms with E-state index in [0.717, 1.165) is 12.1 Å². The number of rotatable bonds is 6. The maximum Gasteiger partial charge on any atom is 0.417 e. The van der Waals surface area contributed by atoms with Crippen LogP contribution in [0.25, 0.3) is 0 Å². The topological polar surface area (TPSA) is 86.6 Å². The van der Waals surface area contributed by atoms with Crippen molar-refractivity contribution >= 4 is 11.9 Å². The highest BCUT2D eigenvalue weighted by atomic mass is 19.4. The number of hydrogen-bond acceptors (Lipinski definition) is 3. The van der Waals surface area contributed by atoms with Gasteiger partial charge in [-0.2, -0.15) is 13.2 Å². The summed E-state index contributed by atoms with van der Waals surface area (Å²) in [5.41, 5.74) is -0.379. The fourth-order valence-electron chi connectivity index (χ4n) is 2.76. The van der Waals surface area contributed by atoms with Gasteiger partial charge in [-0.15, -0.1) is 0 Å². The van der Waals surface area contributed by atoms with Gasteiger partial charge in [-0.3, -0.25) is 4.79 Å². The summed E-state index contributed by atoms with van der Waals surface area (Å²) in [6.07, 6.45) is -3.80. The molecule has 0 fully saturated rings. The Hall–Kier alpha value is -3.47. The number of hydrogen-bond donors (Lipinski definition) is 3. The maximum atomic E-state index is 13.2. The lowest BCUT2D eigenvalue weighted by atomic mass is 9.99. The van der Waals surface area contributed by atoms with Gasteiger partial charge in [-0.05, 0) is 54.8 Å². The molecule has 0 aliphatic carbocycles. The molecule has 1 amide bonds. The van der Waals surface area contributed by atoms with Crippen LogP contribution in [0, 0.1) is 17.8 Å². The molecule has 0 saturated heterocycles. The second kappa shape index (κ2) is 10.0. The number of amides is 1. The zero-order valence-electron chi connectivity index (χ0n) is 17.0. The van der Waals surface area contributed by atoms with Gasteiger partial charge in [0.15, 0.2) is 0 Å². The van der Waals surface area contributed by atoms with E-state index in [4.69, 9.17) is 0 Å². The lowest BCUT2D eigenvalue weighted by molar-refractivity contribution is -0.137. The third kappa shape index (κ3) is 6.78. The molecular weight excluding hydrogens is 411 g/mol. The summed E-state index contributed by atoms with van der Waals surface area (Å²) in [5.74, 6) is 3.24. The first-order chi connectivity index (χ1) is 14.5. The molecule has 0 aliphatic rings. The molecular formula is C23H22F3NO4. The van der Waals surface area contributed by atoms with Crippen molar-refractivity contribution in [2.75, 3.05) is 6.54 Å². The summed E-state index contributed by atoms with van der Waals surface area (Å²) in [7, 11) is 0. The zero-order chi connectivity index (χ0) is 23.2. The van der Waals surface area contributed by atoms with E-state index < -0.39 is 23.5 Å². The van der Waals surface area contributed by atoms with E-state index in [1.807, 2.05) is 0 Å². The van der Waals surface area contributed by atoms with Crippen molar-refractivity contribution in [1.82, 2.24) is 5.32 Å². The van der Waals surface area contributed by atoms with E-state index in [9.17, 15) is 33.0 Å². The van der Waals surface area contributed by atoms with Gasteiger partial charge in [-0.1, -0.05) is 25.7 Å². The number of alkyl halides is 3. The Morgan fingerprint density at radius 1 is 1.06 bits per heavy atom. The Morgan fingerprint density at radius 3 is 2.32 bits per heavy atom. The van der Waals surface area contributed by atoms with Crippen molar-refractivity contribution in [3.05, 3.63) is 64.2 Å². The Bertz CT molecular complexity index is 1030. The van der Waals surface area contributed by atoms with Gasteiger partial charge in [0.05, 0.1) is 11.1 Å². The molecule has 0 unspecified atom stereocenters. The lowest BCUT2D eigenvalue weighted by Crippen LogP contribution is -2.28. The standard InChI is InChI=1S/C23H22F3NO4/c1-14(2)21(29)27-11-3-4-17-12-18(22(30)31)8-6-15(17)5-7-16-9-10-19(28)13-20(16)23(24,25)26/h6,8-10,12-14,28H,3-4,11H2,1-2H3,(H,27,29)(H,30,31). The summed E-state index contributed by atoms with van der Waals surface area (Å²) >= 11 is 0. The van der Waals surface area contributed by atoms with Gasteiger partial charge in [0.1, 0.15) is 5.75 Å². The molecule has 0 aliphatic heterocycles. The molecule has 2 aromatic rings. The number of nitrogens with one attached hydrogen (secondary N) is 1. The van der Waals surface area contributed by atoms with E-state index in [0.29, 0.717) is 36.6 Å². The number of aromatic hydroxyl groups is 1. The first kappa shape index (κ1) is 23.8. The van der Waals surface area contributed by atoms with E-state index >= 15 is 0 Å². The number of aromatic carboxylic acids is 1. The van der Waals surface area contributed by atoms with E-state index in [1.54, 1.807) is 13.8 Å². The molecule has 5 nitrogen and oxygen atoms in total. The molecule has 0 aromatic heterocycles. The molecule has 0 saturated carbocycles. The molecule has 2 aromatic carbocycles. The minimum Gasteiger partial charge on any atom is -0.508 e. The summed E-state index contributed by atoms with van der Waals surface area (Å²) in [6.45, 7) is 3.90. The molecule has 2 rings (SSSR count). The Balaban J connectivity index is 2.32. The summed E-state index contributed by atoms with van der Waals surface area (Å²) in [6, 6.07) is 7.01. The normalized spacial score (nSPS) is 11.0. The van der Waals surface area contributed by atoms with E-state index in [1.165, 1.54) is 18.2 Å². The smallest absolute Gasteiger partial charge is 0.417 e. The molecule has 0 radical (unpaired) electrons.